The van der Waals surface area contributed by atoms with Gasteiger partial charge in [-0.3, -0.25) is 14.4 Å². The van der Waals surface area contributed by atoms with Crippen molar-refractivity contribution < 1.29 is 32.3 Å². The number of carbonyl (C=O) groups is 3. The molecule has 0 aliphatic rings. The van der Waals surface area contributed by atoms with Crippen molar-refractivity contribution in [2.24, 2.45) is 0 Å². The van der Waals surface area contributed by atoms with Crippen LogP contribution in [0.1, 0.15) is 57.3 Å². The van der Waals surface area contributed by atoms with Gasteiger partial charge in [-0.05, 0) is 61.4 Å². The van der Waals surface area contributed by atoms with E-state index >= 15 is 0 Å². The Morgan fingerprint density at radius 3 is 2.35 bits per heavy atom. The molecule has 9 heteroatoms. The number of halogens is 3. The Labute approximate surface area is 193 Å². The summed E-state index contributed by atoms with van der Waals surface area (Å²) in [7, 11) is 0. The van der Waals surface area contributed by atoms with E-state index in [1.54, 1.807) is 13.0 Å². The van der Waals surface area contributed by atoms with E-state index in [1.807, 2.05) is 6.92 Å². The third-order valence-corrected chi connectivity index (χ3v) is 4.84. The quantitative estimate of drug-likeness (QED) is 0.359. The Kier molecular flexibility index (Phi) is 7.45. The number of nitrogens with one attached hydrogen (secondary N) is 1. The topological polar surface area (TPSA) is 85.4 Å². The minimum atomic E-state index is -4.56. The summed E-state index contributed by atoms with van der Waals surface area (Å²) in [4.78, 5) is 41.3. The first-order chi connectivity index (χ1) is 16.1. The molecule has 0 radical (unpaired) electrons. The number of rotatable bonds is 7. The molecule has 0 atom stereocenters. The van der Waals surface area contributed by atoms with Crippen LogP contribution in [0.5, 0.6) is 5.75 Å². The lowest BCUT2D eigenvalue weighted by molar-refractivity contribution is -0.137. The second-order valence-electron chi connectivity index (χ2n) is 7.47. The first-order valence-electron chi connectivity index (χ1n) is 10.4. The number of hydrogen-bond acceptors (Lipinski definition) is 5. The van der Waals surface area contributed by atoms with E-state index in [2.05, 4.69) is 10.3 Å². The van der Waals surface area contributed by atoms with Gasteiger partial charge in [0, 0.05) is 29.4 Å². The molecule has 0 fully saturated rings. The van der Waals surface area contributed by atoms with Gasteiger partial charge in [0.2, 0.25) is 0 Å². The molecule has 0 aliphatic carbocycles. The van der Waals surface area contributed by atoms with Gasteiger partial charge in [-0.2, -0.15) is 13.2 Å². The van der Waals surface area contributed by atoms with Crippen LogP contribution in [-0.2, 0) is 11.0 Å². The van der Waals surface area contributed by atoms with Gasteiger partial charge >= 0.3 is 12.1 Å². The number of pyridine rings is 1. The molecule has 2 aromatic carbocycles. The molecule has 0 bridgehead atoms. The number of benzene rings is 2. The number of anilines is 1. The van der Waals surface area contributed by atoms with Crippen LogP contribution in [0.4, 0.5) is 18.9 Å². The summed E-state index contributed by atoms with van der Waals surface area (Å²) in [5.41, 5.74) is -0.0578. The van der Waals surface area contributed by atoms with Crippen LogP contribution in [0.15, 0.2) is 60.8 Å². The van der Waals surface area contributed by atoms with Crippen LogP contribution in [0.3, 0.4) is 0 Å². The molecule has 0 spiro atoms. The van der Waals surface area contributed by atoms with Gasteiger partial charge in [0.15, 0.2) is 17.2 Å². The zero-order chi connectivity index (χ0) is 24.9. The normalized spacial score (nSPS) is 11.1. The summed E-state index contributed by atoms with van der Waals surface area (Å²) in [6.07, 6.45) is -2.36. The fourth-order valence-electron chi connectivity index (χ4n) is 3.10. The van der Waals surface area contributed by atoms with Crippen molar-refractivity contribution >= 4 is 23.3 Å². The number of ketones is 1. The van der Waals surface area contributed by atoms with E-state index in [9.17, 15) is 27.6 Å². The summed E-state index contributed by atoms with van der Waals surface area (Å²) < 4.78 is 44.1. The predicted molar refractivity (Wildman–Crippen MR) is 119 cm³/mol. The summed E-state index contributed by atoms with van der Waals surface area (Å²) in [5, 5.41) is 2.61. The SMILES string of the molecule is CCCC(=O)Oc1c(C)ccnc1C(=O)Nc1ccc(C(=O)c2cccc(C(F)(F)F)c2)cc1. The molecule has 3 aromatic rings. The minimum absolute atomic E-state index is 0.0646. The number of hydrogen-bond donors (Lipinski definition) is 1. The Morgan fingerprint density at radius 1 is 1.00 bits per heavy atom. The largest absolute Gasteiger partial charge is 0.424 e. The fraction of sp³-hybridized carbons (Fsp3) is 0.200. The smallest absolute Gasteiger partial charge is 0.416 e. The van der Waals surface area contributed by atoms with E-state index in [0.29, 0.717) is 17.7 Å². The molecule has 1 aromatic heterocycles. The fourth-order valence-corrected chi connectivity index (χ4v) is 3.10. The number of esters is 1. The summed E-state index contributed by atoms with van der Waals surface area (Å²) in [5.74, 6) is -1.63. The van der Waals surface area contributed by atoms with Gasteiger partial charge in [-0.15, -0.1) is 0 Å². The number of aryl methyl sites for hydroxylation is 1. The highest BCUT2D eigenvalue weighted by molar-refractivity contribution is 6.10. The Hall–Kier alpha value is -4.01. The lowest BCUT2D eigenvalue weighted by atomic mass is 10.0. The second kappa shape index (κ2) is 10.3. The van der Waals surface area contributed by atoms with E-state index in [1.165, 1.54) is 42.6 Å². The van der Waals surface area contributed by atoms with Gasteiger partial charge in [0.1, 0.15) is 0 Å². The van der Waals surface area contributed by atoms with Crippen molar-refractivity contribution in [1.29, 1.82) is 0 Å². The molecular formula is C25H21F3N2O4. The van der Waals surface area contributed by atoms with Gasteiger partial charge < -0.3 is 10.1 Å². The first kappa shape index (κ1) is 24.6. The standard InChI is InChI=1S/C25H21F3N2O4/c1-3-5-20(31)34-23-15(2)12-13-29-21(23)24(33)30-19-10-8-16(9-11-19)22(32)17-6-4-7-18(14-17)25(26,27)28/h4,6-14H,3,5H2,1-2H3,(H,30,33). The zero-order valence-corrected chi connectivity index (χ0v) is 18.4. The minimum Gasteiger partial charge on any atom is -0.424 e. The van der Waals surface area contributed by atoms with Gasteiger partial charge in [0.05, 0.1) is 5.56 Å². The number of nitrogens with zero attached hydrogens (tertiary/aromatic N) is 1. The highest BCUT2D eigenvalue weighted by Crippen LogP contribution is 2.30. The van der Waals surface area contributed by atoms with E-state index < -0.39 is 29.4 Å². The molecule has 0 unspecified atom stereocenters. The van der Waals surface area contributed by atoms with Crippen molar-refractivity contribution in [3.63, 3.8) is 0 Å². The van der Waals surface area contributed by atoms with Crippen LogP contribution >= 0.6 is 0 Å². The highest BCUT2D eigenvalue weighted by Gasteiger charge is 2.31. The lowest BCUT2D eigenvalue weighted by Gasteiger charge is -2.12. The highest BCUT2D eigenvalue weighted by atomic mass is 19.4. The molecule has 3 rings (SSSR count). The Balaban J connectivity index is 1.77. The lowest BCUT2D eigenvalue weighted by Crippen LogP contribution is -2.18. The van der Waals surface area contributed by atoms with E-state index in [4.69, 9.17) is 4.74 Å². The second-order valence-corrected chi connectivity index (χ2v) is 7.47. The van der Waals surface area contributed by atoms with Crippen molar-refractivity contribution in [1.82, 2.24) is 4.98 Å². The molecule has 34 heavy (non-hydrogen) atoms. The molecule has 1 N–H and O–H groups in total. The van der Waals surface area contributed by atoms with Crippen molar-refractivity contribution in [3.8, 4) is 5.75 Å². The molecule has 1 amide bonds. The van der Waals surface area contributed by atoms with Crippen molar-refractivity contribution in [2.45, 2.75) is 32.9 Å². The number of carbonyl (C=O) groups excluding carboxylic acids is 3. The summed E-state index contributed by atoms with van der Waals surface area (Å²) in [6.45, 7) is 3.51. The van der Waals surface area contributed by atoms with Crippen LogP contribution in [0.25, 0.3) is 0 Å². The maximum absolute atomic E-state index is 12.9. The maximum atomic E-state index is 12.9. The number of aromatic nitrogens is 1. The van der Waals surface area contributed by atoms with Crippen LogP contribution in [0, 0.1) is 6.92 Å². The zero-order valence-electron chi connectivity index (χ0n) is 18.4. The third-order valence-electron chi connectivity index (χ3n) is 4.84. The van der Waals surface area contributed by atoms with Crippen molar-refractivity contribution in [3.05, 3.63) is 88.7 Å². The number of amides is 1. The third kappa shape index (κ3) is 5.86. The van der Waals surface area contributed by atoms with Gasteiger partial charge in [-0.25, -0.2) is 4.98 Å². The average molecular weight is 470 g/mol. The predicted octanol–water partition coefficient (Wildman–Crippen LogP) is 5.60. The van der Waals surface area contributed by atoms with Crippen LogP contribution in [0.2, 0.25) is 0 Å². The van der Waals surface area contributed by atoms with E-state index in [0.717, 1.165) is 12.1 Å². The molecule has 176 valence electrons. The maximum Gasteiger partial charge on any atom is 0.416 e. The van der Waals surface area contributed by atoms with Crippen LogP contribution < -0.4 is 10.1 Å². The molecule has 0 aliphatic heterocycles. The number of alkyl halides is 3. The first-order valence-corrected chi connectivity index (χ1v) is 10.4. The average Bonchev–Trinajstić information content (AvgIpc) is 2.80. The molecule has 1 heterocycles. The molecular weight excluding hydrogens is 449 g/mol. The molecule has 6 nitrogen and oxygen atoms in total. The Bertz CT molecular complexity index is 1220. The molecule has 0 saturated carbocycles. The van der Waals surface area contributed by atoms with Crippen molar-refractivity contribution in [2.75, 3.05) is 5.32 Å². The van der Waals surface area contributed by atoms with Gasteiger partial charge in [0.25, 0.3) is 5.91 Å². The summed E-state index contributed by atoms with van der Waals surface area (Å²) in [6, 6.07) is 11.4. The number of ether oxygens (including phenoxy) is 1. The van der Waals surface area contributed by atoms with E-state index in [-0.39, 0.29) is 29.0 Å². The summed E-state index contributed by atoms with van der Waals surface area (Å²) >= 11 is 0. The van der Waals surface area contributed by atoms with Gasteiger partial charge in [-0.1, -0.05) is 19.1 Å². The Morgan fingerprint density at radius 2 is 1.71 bits per heavy atom. The molecule has 0 saturated heterocycles. The monoisotopic (exact) mass is 470 g/mol. The van der Waals surface area contributed by atoms with Crippen LogP contribution in [-0.4, -0.2) is 22.6 Å².